The molecule has 0 aromatic rings. The molecule has 0 radical (unpaired) electrons. The molecular weight excluding hydrogens is 191 g/mol. The van der Waals surface area contributed by atoms with E-state index in [1.54, 1.807) is 0 Å². The fourth-order valence-corrected chi connectivity index (χ4v) is 0.592. The van der Waals surface area contributed by atoms with E-state index in [2.05, 4.69) is 13.2 Å². The van der Waals surface area contributed by atoms with Gasteiger partial charge < -0.3 is 0 Å². The van der Waals surface area contributed by atoms with Crippen molar-refractivity contribution in [2.24, 2.45) is 0 Å². The van der Waals surface area contributed by atoms with Crippen molar-refractivity contribution in [1.82, 2.24) is 0 Å². The maximum atomic E-state index is 12.5. The second-order valence-corrected chi connectivity index (χ2v) is 2.13. The van der Waals surface area contributed by atoms with E-state index in [4.69, 9.17) is 0 Å². The molecule has 0 aliphatic rings. The SMILES string of the molecule is C=C/C=C(\C=C)C(F)(F)C(F)(F)F. The van der Waals surface area contributed by atoms with Crippen molar-refractivity contribution in [2.75, 3.05) is 0 Å². The summed E-state index contributed by atoms with van der Waals surface area (Å²) in [6.45, 7) is 5.88. The first kappa shape index (κ1) is 11.9. The summed E-state index contributed by atoms with van der Waals surface area (Å²) in [7, 11) is 0. The monoisotopic (exact) mass is 198 g/mol. The zero-order valence-electron chi connectivity index (χ0n) is 6.54. The Morgan fingerprint density at radius 2 is 1.46 bits per heavy atom. The molecule has 0 aromatic carbocycles. The number of rotatable bonds is 3. The first-order valence-electron chi connectivity index (χ1n) is 3.17. The van der Waals surface area contributed by atoms with Crippen LogP contribution in [0.2, 0.25) is 0 Å². The molecule has 74 valence electrons. The van der Waals surface area contributed by atoms with E-state index in [0.29, 0.717) is 12.2 Å². The average Bonchev–Trinajstić information content (AvgIpc) is 1.97. The van der Waals surface area contributed by atoms with Crippen LogP contribution in [0.3, 0.4) is 0 Å². The van der Waals surface area contributed by atoms with E-state index < -0.39 is 17.7 Å². The summed E-state index contributed by atoms with van der Waals surface area (Å²) in [6, 6.07) is 0. The van der Waals surface area contributed by atoms with E-state index in [-0.39, 0.29) is 0 Å². The molecule has 0 spiro atoms. The maximum absolute atomic E-state index is 12.5. The molecule has 0 amide bonds. The Morgan fingerprint density at radius 3 is 1.69 bits per heavy atom. The van der Waals surface area contributed by atoms with Gasteiger partial charge in [-0.3, -0.25) is 0 Å². The molecule has 0 aromatic heterocycles. The van der Waals surface area contributed by atoms with Gasteiger partial charge in [-0.05, 0) is 0 Å². The van der Waals surface area contributed by atoms with Gasteiger partial charge in [0.25, 0.3) is 0 Å². The van der Waals surface area contributed by atoms with Crippen LogP contribution in [0.5, 0.6) is 0 Å². The van der Waals surface area contributed by atoms with Crippen LogP contribution in [0.1, 0.15) is 0 Å². The quantitative estimate of drug-likeness (QED) is 0.481. The van der Waals surface area contributed by atoms with Crippen LogP contribution in [0, 0.1) is 0 Å². The summed E-state index contributed by atoms with van der Waals surface area (Å²) in [5.74, 6) is -4.87. The van der Waals surface area contributed by atoms with Crippen LogP contribution in [-0.2, 0) is 0 Å². The molecule has 0 unspecified atom stereocenters. The molecule has 0 aliphatic carbocycles. The molecule has 0 aliphatic heterocycles. The van der Waals surface area contributed by atoms with Crippen molar-refractivity contribution in [3.63, 3.8) is 0 Å². The summed E-state index contributed by atoms with van der Waals surface area (Å²) < 4.78 is 60.1. The highest BCUT2D eigenvalue weighted by molar-refractivity contribution is 5.29. The normalized spacial score (nSPS) is 14.1. The molecule has 0 rings (SSSR count). The highest BCUT2D eigenvalue weighted by Gasteiger charge is 2.58. The predicted molar refractivity (Wildman–Crippen MR) is 39.5 cm³/mol. The van der Waals surface area contributed by atoms with Crippen molar-refractivity contribution in [1.29, 1.82) is 0 Å². The van der Waals surface area contributed by atoms with Gasteiger partial charge in [0.05, 0.1) is 0 Å². The molecule has 0 nitrogen and oxygen atoms in total. The van der Waals surface area contributed by atoms with Gasteiger partial charge in [-0.1, -0.05) is 31.4 Å². The van der Waals surface area contributed by atoms with Crippen molar-refractivity contribution in [3.05, 3.63) is 37.0 Å². The Hall–Kier alpha value is -1.13. The average molecular weight is 198 g/mol. The third-order valence-corrected chi connectivity index (χ3v) is 1.24. The van der Waals surface area contributed by atoms with E-state index in [9.17, 15) is 22.0 Å². The van der Waals surface area contributed by atoms with Gasteiger partial charge >= 0.3 is 12.1 Å². The van der Waals surface area contributed by atoms with Gasteiger partial charge in [-0.2, -0.15) is 22.0 Å². The lowest BCUT2D eigenvalue weighted by Crippen LogP contribution is -2.37. The molecule has 0 fully saturated rings. The van der Waals surface area contributed by atoms with Crippen molar-refractivity contribution in [3.8, 4) is 0 Å². The van der Waals surface area contributed by atoms with Gasteiger partial charge in [0, 0.05) is 5.57 Å². The van der Waals surface area contributed by atoms with E-state index in [1.807, 2.05) is 0 Å². The largest absolute Gasteiger partial charge is 0.458 e. The molecule has 0 saturated heterocycles. The Kier molecular flexibility index (Phi) is 3.40. The van der Waals surface area contributed by atoms with Crippen LogP contribution in [0.25, 0.3) is 0 Å². The smallest absolute Gasteiger partial charge is 0.191 e. The third-order valence-electron chi connectivity index (χ3n) is 1.24. The molecule has 5 heteroatoms. The molecule has 0 atom stereocenters. The molecule has 0 saturated carbocycles. The first-order valence-corrected chi connectivity index (χ1v) is 3.17. The zero-order chi connectivity index (χ0) is 10.7. The summed E-state index contributed by atoms with van der Waals surface area (Å²) in [4.78, 5) is 0. The number of hydrogen-bond acceptors (Lipinski definition) is 0. The second-order valence-electron chi connectivity index (χ2n) is 2.13. The minimum atomic E-state index is -5.60. The summed E-state index contributed by atoms with van der Waals surface area (Å²) in [5, 5.41) is 0. The van der Waals surface area contributed by atoms with Gasteiger partial charge in [0.2, 0.25) is 0 Å². The minimum absolute atomic E-state index is 0.454. The standard InChI is InChI=1S/C8H7F5/c1-3-5-6(4-2)7(9,10)8(11,12)13/h3-5H,1-2H2/b6-5+. The summed E-state index contributed by atoms with van der Waals surface area (Å²) >= 11 is 0. The van der Waals surface area contributed by atoms with Crippen LogP contribution < -0.4 is 0 Å². The fraction of sp³-hybridized carbons (Fsp3) is 0.250. The van der Waals surface area contributed by atoms with Crippen LogP contribution in [0.4, 0.5) is 22.0 Å². The van der Waals surface area contributed by atoms with Crippen LogP contribution in [0.15, 0.2) is 37.0 Å². The highest BCUT2D eigenvalue weighted by Crippen LogP contribution is 2.41. The Morgan fingerprint density at radius 1 is 1.00 bits per heavy atom. The summed E-state index contributed by atoms with van der Waals surface area (Å²) in [6.07, 6.45) is -3.73. The second kappa shape index (κ2) is 3.72. The van der Waals surface area contributed by atoms with Gasteiger partial charge in [-0.25, -0.2) is 0 Å². The predicted octanol–water partition coefficient (Wildman–Crippen LogP) is 3.48. The lowest BCUT2D eigenvalue weighted by molar-refractivity contribution is -0.262. The molecule has 0 heterocycles. The van der Waals surface area contributed by atoms with Crippen molar-refractivity contribution in [2.45, 2.75) is 12.1 Å². The molecule has 0 bridgehead atoms. The number of alkyl halides is 5. The number of allylic oxidation sites excluding steroid dienone is 4. The lowest BCUT2D eigenvalue weighted by Gasteiger charge is -2.20. The van der Waals surface area contributed by atoms with Gasteiger partial charge in [-0.15, -0.1) is 0 Å². The van der Waals surface area contributed by atoms with Gasteiger partial charge in [0.1, 0.15) is 0 Å². The Balaban J connectivity index is 5.11. The zero-order valence-corrected chi connectivity index (χ0v) is 6.54. The van der Waals surface area contributed by atoms with E-state index in [0.717, 1.165) is 6.08 Å². The Labute approximate surface area is 72.1 Å². The number of halogens is 5. The highest BCUT2D eigenvalue weighted by atomic mass is 19.4. The summed E-state index contributed by atoms with van der Waals surface area (Å²) in [5.41, 5.74) is -1.21. The van der Waals surface area contributed by atoms with E-state index >= 15 is 0 Å². The molecular formula is C8H7F5. The van der Waals surface area contributed by atoms with Gasteiger partial charge in [0.15, 0.2) is 0 Å². The fourth-order valence-electron chi connectivity index (χ4n) is 0.592. The topological polar surface area (TPSA) is 0 Å². The van der Waals surface area contributed by atoms with E-state index in [1.165, 1.54) is 0 Å². The van der Waals surface area contributed by atoms with Crippen molar-refractivity contribution < 1.29 is 22.0 Å². The minimum Gasteiger partial charge on any atom is -0.191 e. The van der Waals surface area contributed by atoms with Crippen molar-refractivity contribution >= 4 is 0 Å². The van der Waals surface area contributed by atoms with Crippen LogP contribution >= 0.6 is 0 Å². The number of hydrogen-bond donors (Lipinski definition) is 0. The van der Waals surface area contributed by atoms with Crippen LogP contribution in [-0.4, -0.2) is 12.1 Å². The molecule has 13 heavy (non-hydrogen) atoms. The lowest BCUT2D eigenvalue weighted by atomic mass is 10.1. The maximum Gasteiger partial charge on any atom is 0.458 e. The first-order chi connectivity index (χ1) is 5.77. The molecule has 0 N–H and O–H groups in total. The third kappa shape index (κ3) is 2.40. The Bertz CT molecular complexity index is 233.